The van der Waals surface area contributed by atoms with Gasteiger partial charge in [0.2, 0.25) is 0 Å². The van der Waals surface area contributed by atoms with Crippen LogP contribution in [0.3, 0.4) is 0 Å². The molecule has 1 aliphatic carbocycles. The Kier molecular flexibility index (Phi) is 3.29. The molecule has 0 amide bonds. The van der Waals surface area contributed by atoms with Crippen LogP contribution in [-0.2, 0) is 4.74 Å². The molecule has 88 valence electrons. The number of nitrogens with two attached hydrogens (primary N) is 1. The molecule has 0 bridgehead atoms. The molecule has 1 saturated carbocycles. The number of aromatic nitrogens is 1. The van der Waals surface area contributed by atoms with Crippen molar-refractivity contribution < 1.29 is 4.74 Å². The number of anilines is 2. The Labute approximate surface area is 96.2 Å². The predicted octanol–water partition coefficient (Wildman–Crippen LogP) is 1.95. The highest BCUT2D eigenvalue weighted by Crippen LogP contribution is 2.26. The highest BCUT2D eigenvalue weighted by molar-refractivity contribution is 5.62. The molecule has 1 aromatic heterocycles. The minimum Gasteiger partial charge on any atom is -0.396 e. The van der Waals surface area contributed by atoms with Gasteiger partial charge in [0.05, 0.1) is 17.8 Å². The van der Waals surface area contributed by atoms with Gasteiger partial charge in [0.1, 0.15) is 5.82 Å². The number of hydrogen-bond acceptors (Lipinski definition) is 4. The second-order valence-corrected chi connectivity index (χ2v) is 4.41. The molecule has 1 aliphatic rings. The molecule has 0 aromatic carbocycles. The first-order valence-electron chi connectivity index (χ1n) is 5.72. The maximum Gasteiger partial charge on any atom is 0.149 e. The third-order valence-corrected chi connectivity index (χ3v) is 3.13. The van der Waals surface area contributed by atoms with Gasteiger partial charge in [0, 0.05) is 13.3 Å². The molecule has 2 rings (SSSR count). The van der Waals surface area contributed by atoms with Gasteiger partial charge in [-0.05, 0) is 37.8 Å². The predicted molar refractivity (Wildman–Crippen MR) is 65.4 cm³/mol. The zero-order chi connectivity index (χ0) is 11.5. The Morgan fingerprint density at radius 1 is 1.50 bits per heavy atom. The first kappa shape index (κ1) is 11.2. The molecule has 4 heteroatoms. The highest BCUT2D eigenvalue weighted by atomic mass is 16.5. The molecule has 0 saturated heterocycles. The lowest BCUT2D eigenvalue weighted by Gasteiger charge is -2.21. The first-order chi connectivity index (χ1) is 7.70. The van der Waals surface area contributed by atoms with Gasteiger partial charge in [-0.2, -0.15) is 0 Å². The van der Waals surface area contributed by atoms with E-state index in [4.69, 9.17) is 10.5 Å². The Morgan fingerprint density at radius 2 is 2.31 bits per heavy atom. The zero-order valence-electron chi connectivity index (χ0n) is 9.86. The third-order valence-electron chi connectivity index (χ3n) is 3.13. The van der Waals surface area contributed by atoms with Gasteiger partial charge in [-0.3, -0.25) is 0 Å². The summed E-state index contributed by atoms with van der Waals surface area (Å²) in [4.78, 5) is 4.32. The second kappa shape index (κ2) is 4.70. The summed E-state index contributed by atoms with van der Waals surface area (Å²) in [6.07, 6.45) is 5.53. The number of hydrogen-bond donors (Lipinski definition) is 2. The van der Waals surface area contributed by atoms with Gasteiger partial charge >= 0.3 is 0 Å². The van der Waals surface area contributed by atoms with E-state index in [0.29, 0.717) is 11.7 Å². The van der Waals surface area contributed by atoms with E-state index >= 15 is 0 Å². The molecular weight excluding hydrogens is 202 g/mol. The van der Waals surface area contributed by atoms with Crippen molar-refractivity contribution in [3.05, 3.63) is 17.8 Å². The fourth-order valence-electron chi connectivity index (χ4n) is 2.26. The molecule has 2 atom stereocenters. The quantitative estimate of drug-likeness (QED) is 0.819. The van der Waals surface area contributed by atoms with Crippen molar-refractivity contribution in [1.29, 1.82) is 0 Å². The summed E-state index contributed by atoms with van der Waals surface area (Å²) >= 11 is 0. The molecule has 3 N–H and O–H groups in total. The number of nitrogen functional groups attached to an aromatic ring is 1. The summed E-state index contributed by atoms with van der Waals surface area (Å²) < 4.78 is 5.43. The molecular formula is C12H19N3O. The van der Waals surface area contributed by atoms with Gasteiger partial charge < -0.3 is 15.8 Å². The number of rotatable bonds is 3. The Bertz CT molecular complexity index is 367. The van der Waals surface area contributed by atoms with E-state index in [-0.39, 0.29) is 6.10 Å². The highest BCUT2D eigenvalue weighted by Gasteiger charge is 2.27. The maximum atomic E-state index is 5.92. The maximum absolute atomic E-state index is 5.92. The van der Waals surface area contributed by atoms with Crippen molar-refractivity contribution in [2.24, 2.45) is 0 Å². The average molecular weight is 221 g/mol. The molecule has 0 radical (unpaired) electrons. The number of nitrogens with one attached hydrogen (secondary N) is 1. The molecule has 0 aliphatic heterocycles. The van der Waals surface area contributed by atoms with Crippen molar-refractivity contribution in [2.75, 3.05) is 18.2 Å². The van der Waals surface area contributed by atoms with Crippen molar-refractivity contribution in [3.63, 3.8) is 0 Å². The Hall–Kier alpha value is -1.29. The average Bonchev–Trinajstić information content (AvgIpc) is 2.69. The Balaban J connectivity index is 2.08. The van der Waals surface area contributed by atoms with Crippen LogP contribution in [0.4, 0.5) is 11.5 Å². The van der Waals surface area contributed by atoms with Gasteiger partial charge in [0.15, 0.2) is 0 Å². The molecule has 1 aromatic rings. The third kappa shape index (κ3) is 2.27. The minimum absolute atomic E-state index is 0.280. The smallest absolute Gasteiger partial charge is 0.149 e. The summed E-state index contributed by atoms with van der Waals surface area (Å²) in [5.41, 5.74) is 7.71. The van der Waals surface area contributed by atoms with E-state index in [1.165, 1.54) is 6.42 Å². The largest absolute Gasteiger partial charge is 0.396 e. The fraction of sp³-hybridized carbons (Fsp3) is 0.583. The summed E-state index contributed by atoms with van der Waals surface area (Å²) in [5, 5.41) is 3.38. The van der Waals surface area contributed by atoms with E-state index in [1.807, 2.05) is 19.2 Å². The van der Waals surface area contributed by atoms with Crippen LogP contribution in [0, 0.1) is 6.92 Å². The van der Waals surface area contributed by atoms with E-state index in [9.17, 15) is 0 Å². The van der Waals surface area contributed by atoms with Crippen LogP contribution in [0.2, 0.25) is 0 Å². The van der Waals surface area contributed by atoms with Crippen LogP contribution >= 0.6 is 0 Å². The van der Waals surface area contributed by atoms with E-state index < -0.39 is 0 Å². The SMILES string of the molecule is COC1CCCC1Nc1ncc(C)cc1N. The van der Waals surface area contributed by atoms with Gasteiger partial charge in [-0.1, -0.05) is 0 Å². The number of pyridine rings is 1. The Morgan fingerprint density at radius 3 is 3.00 bits per heavy atom. The summed E-state index contributed by atoms with van der Waals surface area (Å²) in [7, 11) is 1.76. The standard InChI is InChI=1S/C12H19N3O/c1-8-6-9(13)12(14-7-8)15-10-4-3-5-11(10)16-2/h6-7,10-11H,3-5,13H2,1-2H3,(H,14,15). The summed E-state index contributed by atoms with van der Waals surface area (Å²) in [6, 6.07) is 2.27. The molecule has 1 fully saturated rings. The number of methoxy groups -OCH3 is 1. The van der Waals surface area contributed by atoms with E-state index in [0.717, 1.165) is 24.2 Å². The van der Waals surface area contributed by atoms with E-state index in [1.54, 1.807) is 7.11 Å². The monoisotopic (exact) mass is 221 g/mol. The first-order valence-corrected chi connectivity index (χ1v) is 5.72. The van der Waals surface area contributed by atoms with E-state index in [2.05, 4.69) is 10.3 Å². The lowest BCUT2D eigenvalue weighted by Crippen LogP contribution is -2.30. The van der Waals surface area contributed by atoms with Crippen LogP contribution in [0.15, 0.2) is 12.3 Å². The molecule has 4 nitrogen and oxygen atoms in total. The van der Waals surface area contributed by atoms with Crippen molar-refractivity contribution in [2.45, 2.75) is 38.3 Å². The minimum atomic E-state index is 0.280. The van der Waals surface area contributed by atoms with Crippen molar-refractivity contribution >= 4 is 11.5 Å². The normalized spacial score (nSPS) is 24.6. The van der Waals surface area contributed by atoms with Crippen LogP contribution in [0.25, 0.3) is 0 Å². The summed E-state index contributed by atoms with van der Waals surface area (Å²) in [6.45, 7) is 1.99. The number of nitrogens with zero attached hydrogens (tertiary/aromatic N) is 1. The molecule has 1 heterocycles. The van der Waals surface area contributed by atoms with Gasteiger partial charge in [-0.15, -0.1) is 0 Å². The van der Waals surface area contributed by atoms with Gasteiger partial charge in [0.25, 0.3) is 0 Å². The lowest BCUT2D eigenvalue weighted by atomic mass is 10.2. The van der Waals surface area contributed by atoms with Crippen LogP contribution < -0.4 is 11.1 Å². The zero-order valence-corrected chi connectivity index (χ0v) is 9.86. The summed E-state index contributed by atoms with van der Waals surface area (Å²) in [5.74, 6) is 0.777. The van der Waals surface area contributed by atoms with Crippen LogP contribution in [0.1, 0.15) is 24.8 Å². The lowest BCUT2D eigenvalue weighted by molar-refractivity contribution is 0.101. The number of ether oxygens (including phenoxy) is 1. The van der Waals surface area contributed by atoms with Crippen molar-refractivity contribution in [1.82, 2.24) is 4.98 Å². The van der Waals surface area contributed by atoms with Crippen molar-refractivity contribution in [3.8, 4) is 0 Å². The van der Waals surface area contributed by atoms with Gasteiger partial charge in [-0.25, -0.2) is 4.98 Å². The topological polar surface area (TPSA) is 60.2 Å². The molecule has 2 unspecified atom stereocenters. The molecule has 16 heavy (non-hydrogen) atoms. The number of aryl methyl sites for hydroxylation is 1. The van der Waals surface area contributed by atoms with Crippen LogP contribution in [0.5, 0.6) is 0 Å². The fourth-order valence-corrected chi connectivity index (χ4v) is 2.26. The molecule has 0 spiro atoms. The van der Waals surface area contributed by atoms with Crippen LogP contribution in [-0.4, -0.2) is 24.2 Å². The second-order valence-electron chi connectivity index (χ2n) is 4.41.